The summed E-state index contributed by atoms with van der Waals surface area (Å²) in [5, 5.41) is 18.2. The van der Waals surface area contributed by atoms with Gasteiger partial charge in [-0.2, -0.15) is 10.2 Å². The average molecular weight is 273 g/mol. The van der Waals surface area contributed by atoms with Crippen molar-refractivity contribution in [3.05, 3.63) is 57.9 Å². The van der Waals surface area contributed by atoms with Gasteiger partial charge in [-0.15, -0.1) is 0 Å². The van der Waals surface area contributed by atoms with Crippen LogP contribution in [-0.4, -0.2) is 26.8 Å². The summed E-state index contributed by atoms with van der Waals surface area (Å²) in [6.07, 6.45) is 2.97. The summed E-state index contributed by atoms with van der Waals surface area (Å²) in [5.41, 5.74) is 3.01. The van der Waals surface area contributed by atoms with Crippen LogP contribution < -0.4 is 5.43 Å². The molecule has 1 amide bonds. The topological polar surface area (TPSA) is 102 Å². The standard InChI is InChI=1S/C12H11N5O3/c1-16-6-5-11(15-16)12(18)14-13-8-9-3-2-4-10(7-9)17(19)20/h2-8H,1H3,(H,14,18). The third-order valence-corrected chi connectivity index (χ3v) is 2.41. The van der Waals surface area contributed by atoms with Crippen molar-refractivity contribution in [2.24, 2.45) is 12.1 Å². The zero-order valence-corrected chi connectivity index (χ0v) is 10.6. The molecule has 0 bridgehead atoms. The van der Waals surface area contributed by atoms with E-state index in [2.05, 4.69) is 15.6 Å². The van der Waals surface area contributed by atoms with Crippen LogP contribution in [0.4, 0.5) is 5.69 Å². The lowest BCUT2D eigenvalue weighted by molar-refractivity contribution is -0.384. The Labute approximate surface area is 113 Å². The fourth-order valence-corrected chi connectivity index (χ4v) is 1.48. The lowest BCUT2D eigenvalue weighted by Gasteiger charge is -1.96. The van der Waals surface area contributed by atoms with Crippen molar-refractivity contribution >= 4 is 17.8 Å². The molecule has 0 aliphatic rings. The summed E-state index contributed by atoms with van der Waals surface area (Å²) in [6.45, 7) is 0. The molecule has 8 heteroatoms. The van der Waals surface area contributed by atoms with Crippen molar-refractivity contribution < 1.29 is 9.72 Å². The van der Waals surface area contributed by atoms with Gasteiger partial charge < -0.3 is 0 Å². The van der Waals surface area contributed by atoms with Crippen LogP contribution >= 0.6 is 0 Å². The molecule has 2 rings (SSSR count). The van der Waals surface area contributed by atoms with Crippen LogP contribution in [0.5, 0.6) is 0 Å². The molecule has 0 aliphatic heterocycles. The Kier molecular flexibility index (Phi) is 3.85. The fraction of sp³-hybridized carbons (Fsp3) is 0.0833. The molecule has 1 aromatic carbocycles. The molecule has 20 heavy (non-hydrogen) atoms. The summed E-state index contributed by atoms with van der Waals surface area (Å²) >= 11 is 0. The molecule has 0 aliphatic carbocycles. The van der Waals surface area contributed by atoms with Gasteiger partial charge in [0.1, 0.15) is 0 Å². The van der Waals surface area contributed by atoms with E-state index in [-0.39, 0.29) is 11.4 Å². The Balaban J connectivity index is 2.01. The number of hydrazone groups is 1. The molecule has 0 unspecified atom stereocenters. The summed E-state index contributed by atoms with van der Waals surface area (Å²) in [7, 11) is 1.70. The van der Waals surface area contributed by atoms with Crippen molar-refractivity contribution in [2.75, 3.05) is 0 Å². The van der Waals surface area contributed by atoms with E-state index in [1.165, 1.54) is 23.0 Å². The molecular weight excluding hydrogens is 262 g/mol. The molecule has 102 valence electrons. The number of carbonyl (C=O) groups excluding carboxylic acids is 1. The second kappa shape index (κ2) is 5.74. The number of hydrogen-bond donors (Lipinski definition) is 1. The molecular formula is C12H11N5O3. The summed E-state index contributed by atoms with van der Waals surface area (Å²) in [4.78, 5) is 21.7. The molecule has 1 heterocycles. The highest BCUT2D eigenvalue weighted by molar-refractivity contribution is 5.93. The number of aryl methyl sites for hydroxylation is 1. The molecule has 0 saturated heterocycles. The van der Waals surface area contributed by atoms with Crippen LogP contribution in [-0.2, 0) is 7.05 Å². The van der Waals surface area contributed by atoms with Crippen LogP contribution in [0.1, 0.15) is 16.1 Å². The van der Waals surface area contributed by atoms with Crippen molar-refractivity contribution in [3.63, 3.8) is 0 Å². The number of non-ortho nitro benzene ring substituents is 1. The normalized spacial score (nSPS) is 10.7. The summed E-state index contributed by atoms with van der Waals surface area (Å²) in [6, 6.07) is 7.47. The van der Waals surface area contributed by atoms with Crippen LogP contribution in [0, 0.1) is 10.1 Å². The maximum absolute atomic E-state index is 11.6. The minimum Gasteiger partial charge on any atom is -0.275 e. The SMILES string of the molecule is Cn1ccc(C(=O)NN=Cc2cccc([N+](=O)[O-])c2)n1. The zero-order valence-electron chi connectivity index (χ0n) is 10.6. The monoisotopic (exact) mass is 273 g/mol. The van der Waals surface area contributed by atoms with Gasteiger partial charge >= 0.3 is 0 Å². The Bertz CT molecular complexity index is 677. The summed E-state index contributed by atoms with van der Waals surface area (Å²) in [5.74, 6) is -0.452. The molecule has 0 spiro atoms. The second-order valence-corrected chi connectivity index (χ2v) is 3.93. The molecule has 0 atom stereocenters. The van der Waals surface area contributed by atoms with Crippen LogP contribution in [0.15, 0.2) is 41.6 Å². The lowest BCUT2D eigenvalue weighted by atomic mass is 10.2. The maximum atomic E-state index is 11.6. The van der Waals surface area contributed by atoms with Gasteiger partial charge in [0.15, 0.2) is 5.69 Å². The molecule has 0 saturated carbocycles. The third-order valence-electron chi connectivity index (χ3n) is 2.41. The molecule has 2 aromatic rings. The predicted octanol–water partition coefficient (Wildman–Crippen LogP) is 1.09. The van der Waals surface area contributed by atoms with E-state index < -0.39 is 10.8 Å². The number of carbonyl (C=O) groups is 1. The Morgan fingerprint density at radius 2 is 2.30 bits per heavy atom. The first-order valence-corrected chi connectivity index (χ1v) is 5.64. The molecule has 0 fully saturated rings. The number of nitrogens with one attached hydrogen (secondary N) is 1. The lowest BCUT2D eigenvalue weighted by Crippen LogP contribution is -2.18. The number of amides is 1. The van der Waals surface area contributed by atoms with E-state index in [1.807, 2.05) is 0 Å². The van der Waals surface area contributed by atoms with Gasteiger partial charge in [-0.1, -0.05) is 12.1 Å². The van der Waals surface area contributed by atoms with Crippen molar-refractivity contribution in [2.45, 2.75) is 0 Å². The molecule has 0 radical (unpaired) electrons. The smallest absolute Gasteiger partial charge is 0.275 e. The maximum Gasteiger partial charge on any atom is 0.291 e. The number of aromatic nitrogens is 2. The van der Waals surface area contributed by atoms with Crippen molar-refractivity contribution in [1.82, 2.24) is 15.2 Å². The first-order valence-electron chi connectivity index (χ1n) is 5.64. The largest absolute Gasteiger partial charge is 0.291 e. The Morgan fingerprint density at radius 1 is 1.50 bits per heavy atom. The second-order valence-electron chi connectivity index (χ2n) is 3.93. The quantitative estimate of drug-likeness (QED) is 0.511. The van der Waals surface area contributed by atoms with Gasteiger partial charge in [0.05, 0.1) is 11.1 Å². The molecule has 8 nitrogen and oxygen atoms in total. The number of nitro groups is 1. The van der Waals surface area contributed by atoms with E-state index in [4.69, 9.17) is 0 Å². The number of nitrogens with zero attached hydrogens (tertiary/aromatic N) is 4. The van der Waals surface area contributed by atoms with Crippen LogP contribution in [0.3, 0.4) is 0 Å². The van der Waals surface area contributed by atoms with Gasteiger partial charge in [0.2, 0.25) is 0 Å². The highest BCUT2D eigenvalue weighted by Crippen LogP contribution is 2.11. The first-order chi connectivity index (χ1) is 9.56. The fourth-order valence-electron chi connectivity index (χ4n) is 1.48. The number of nitro benzene ring substituents is 1. The zero-order chi connectivity index (χ0) is 14.5. The van der Waals surface area contributed by atoms with Crippen LogP contribution in [0.2, 0.25) is 0 Å². The predicted molar refractivity (Wildman–Crippen MR) is 71.4 cm³/mol. The van der Waals surface area contributed by atoms with Gasteiger partial charge in [-0.3, -0.25) is 19.6 Å². The minimum atomic E-state index is -0.496. The first kappa shape index (κ1) is 13.4. The van der Waals surface area contributed by atoms with Crippen molar-refractivity contribution in [1.29, 1.82) is 0 Å². The number of hydrogen-bond acceptors (Lipinski definition) is 5. The minimum absolute atomic E-state index is 0.0370. The van der Waals surface area contributed by atoms with Gasteiger partial charge in [-0.05, 0) is 6.07 Å². The molecule has 1 N–H and O–H groups in total. The van der Waals surface area contributed by atoms with Gasteiger partial charge in [0.25, 0.3) is 11.6 Å². The van der Waals surface area contributed by atoms with E-state index >= 15 is 0 Å². The Hall–Kier alpha value is -3.03. The van der Waals surface area contributed by atoms with E-state index in [0.29, 0.717) is 5.56 Å². The highest BCUT2D eigenvalue weighted by Gasteiger charge is 2.07. The molecule has 1 aromatic heterocycles. The highest BCUT2D eigenvalue weighted by atomic mass is 16.6. The van der Waals surface area contributed by atoms with E-state index in [0.717, 1.165) is 0 Å². The third kappa shape index (κ3) is 3.25. The van der Waals surface area contributed by atoms with Gasteiger partial charge in [-0.25, -0.2) is 5.43 Å². The van der Waals surface area contributed by atoms with E-state index in [9.17, 15) is 14.9 Å². The van der Waals surface area contributed by atoms with Crippen LogP contribution in [0.25, 0.3) is 0 Å². The van der Waals surface area contributed by atoms with E-state index in [1.54, 1.807) is 31.4 Å². The average Bonchev–Trinajstić information content (AvgIpc) is 2.86. The number of benzene rings is 1. The number of rotatable bonds is 4. The van der Waals surface area contributed by atoms with Gasteiger partial charge in [0, 0.05) is 30.9 Å². The summed E-state index contributed by atoms with van der Waals surface area (Å²) < 4.78 is 1.50. The van der Waals surface area contributed by atoms with Crippen molar-refractivity contribution in [3.8, 4) is 0 Å². The Morgan fingerprint density at radius 3 is 2.95 bits per heavy atom.